The Hall–Kier alpha value is -0.220. The zero-order valence-corrected chi connectivity index (χ0v) is 8.26. The summed E-state index contributed by atoms with van der Waals surface area (Å²) in [6.07, 6.45) is 4.03. The zero-order valence-electron chi connectivity index (χ0n) is 7.36. The highest BCUT2D eigenvalue weighted by atomic mass is 32.1. The molecule has 0 saturated heterocycles. The predicted octanol–water partition coefficient (Wildman–Crippen LogP) is 1.28. The summed E-state index contributed by atoms with van der Waals surface area (Å²) in [6.45, 7) is 2.10. The molecule has 0 aromatic carbocycles. The summed E-state index contributed by atoms with van der Waals surface area (Å²) in [7, 11) is 0. The molecule has 2 atom stereocenters. The molecule has 1 unspecified atom stereocenters. The molecule has 0 spiro atoms. The standard InChI is InChI=1S/C8H17NO2S/c1-2-3-4-5-6(12)7(9)8(10)11/h6-7,12H,2-5,9H2,1H3,(H,10,11)/t6?,7-/m0/s1. The lowest BCUT2D eigenvalue weighted by Crippen LogP contribution is -2.38. The molecule has 0 aromatic heterocycles. The molecular formula is C8H17NO2S. The van der Waals surface area contributed by atoms with E-state index in [1.807, 2.05) is 0 Å². The number of rotatable bonds is 6. The normalized spacial score (nSPS) is 15.6. The maximum atomic E-state index is 10.4. The molecule has 0 aliphatic heterocycles. The van der Waals surface area contributed by atoms with Crippen LogP contribution in [-0.2, 0) is 4.79 Å². The molecule has 0 aromatic rings. The molecule has 0 bridgehead atoms. The SMILES string of the molecule is CCCCCC(S)[C@H](N)C(=O)O. The Labute approximate surface area is 78.7 Å². The van der Waals surface area contributed by atoms with Gasteiger partial charge in [-0.1, -0.05) is 26.2 Å². The summed E-state index contributed by atoms with van der Waals surface area (Å²) in [5.41, 5.74) is 5.37. The van der Waals surface area contributed by atoms with Gasteiger partial charge in [-0.25, -0.2) is 0 Å². The van der Waals surface area contributed by atoms with Gasteiger partial charge in [0.1, 0.15) is 6.04 Å². The second-order valence-corrected chi connectivity index (χ2v) is 3.59. The van der Waals surface area contributed by atoms with Crippen molar-refractivity contribution in [3.05, 3.63) is 0 Å². The van der Waals surface area contributed by atoms with Gasteiger partial charge in [0, 0.05) is 5.25 Å². The van der Waals surface area contributed by atoms with Gasteiger partial charge in [-0.05, 0) is 6.42 Å². The topological polar surface area (TPSA) is 63.3 Å². The smallest absolute Gasteiger partial charge is 0.321 e. The van der Waals surface area contributed by atoms with Gasteiger partial charge in [0.2, 0.25) is 0 Å². The molecule has 0 saturated carbocycles. The van der Waals surface area contributed by atoms with Crippen molar-refractivity contribution < 1.29 is 9.90 Å². The van der Waals surface area contributed by atoms with E-state index >= 15 is 0 Å². The van der Waals surface area contributed by atoms with Crippen molar-refractivity contribution in [1.82, 2.24) is 0 Å². The van der Waals surface area contributed by atoms with Crippen LogP contribution in [0.25, 0.3) is 0 Å². The Kier molecular flexibility index (Phi) is 6.20. The molecule has 0 amide bonds. The van der Waals surface area contributed by atoms with Crippen LogP contribution in [0.15, 0.2) is 0 Å². The fraction of sp³-hybridized carbons (Fsp3) is 0.875. The number of carbonyl (C=O) groups is 1. The fourth-order valence-electron chi connectivity index (χ4n) is 0.948. The monoisotopic (exact) mass is 191 g/mol. The number of unbranched alkanes of at least 4 members (excludes halogenated alkanes) is 2. The lowest BCUT2D eigenvalue weighted by molar-refractivity contribution is -0.138. The molecule has 0 aliphatic rings. The van der Waals surface area contributed by atoms with Crippen LogP contribution in [0.3, 0.4) is 0 Å². The minimum Gasteiger partial charge on any atom is -0.480 e. The highest BCUT2D eigenvalue weighted by molar-refractivity contribution is 7.81. The van der Waals surface area contributed by atoms with E-state index in [-0.39, 0.29) is 5.25 Å². The Bertz CT molecular complexity index is 141. The van der Waals surface area contributed by atoms with Gasteiger partial charge >= 0.3 is 5.97 Å². The van der Waals surface area contributed by atoms with Crippen LogP contribution < -0.4 is 5.73 Å². The summed E-state index contributed by atoms with van der Waals surface area (Å²) in [5, 5.41) is 8.32. The molecule has 0 heterocycles. The number of hydrogen-bond acceptors (Lipinski definition) is 3. The third kappa shape index (κ3) is 4.62. The van der Waals surface area contributed by atoms with Gasteiger partial charge < -0.3 is 10.8 Å². The number of carboxylic acid groups (broad SMARTS) is 1. The predicted molar refractivity (Wildman–Crippen MR) is 52.5 cm³/mol. The van der Waals surface area contributed by atoms with E-state index in [2.05, 4.69) is 19.6 Å². The first-order valence-electron chi connectivity index (χ1n) is 4.26. The quantitative estimate of drug-likeness (QED) is 0.438. The number of hydrogen-bond donors (Lipinski definition) is 3. The van der Waals surface area contributed by atoms with Crippen LogP contribution in [0, 0.1) is 0 Å². The number of aliphatic carboxylic acids is 1. The Morgan fingerprint density at radius 2 is 2.17 bits per heavy atom. The van der Waals surface area contributed by atoms with Crippen molar-refractivity contribution in [2.45, 2.75) is 43.9 Å². The van der Waals surface area contributed by atoms with Gasteiger partial charge in [0.15, 0.2) is 0 Å². The Morgan fingerprint density at radius 1 is 1.58 bits per heavy atom. The first-order valence-corrected chi connectivity index (χ1v) is 4.77. The molecule has 4 heteroatoms. The van der Waals surface area contributed by atoms with Crippen molar-refractivity contribution in [2.75, 3.05) is 0 Å². The van der Waals surface area contributed by atoms with Crippen molar-refractivity contribution in [3.63, 3.8) is 0 Å². The van der Waals surface area contributed by atoms with E-state index in [0.717, 1.165) is 25.7 Å². The Balaban J connectivity index is 3.56. The van der Waals surface area contributed by atoms with E-state index < -0.39 is 12.0 Å². The van der Waals surface area contributed by atoms with Gasteiger partial charge in [0.25, 0.3) is 0 Å². The van der Waals surface area contributed by atoms with Crippen LogP contribution in [-0.4, -0.2) is 22.4 Å². The minimum atomic E-state index is -0.966. The third-order valence-corrected chi connectivity index (χ3v) is 2.38. The number of thiol groups is 1. The van der Waals surface area contributed by atoms with Gasteiger partial charge in [0.05, 0.1) is 0 Å². The zero-order chi connectivity index (χ0) is 9.56. The van der Waals surface area contributed by atoms with Crippen LogP contribution in [0.5, 0.6) is 0 Å². The van der Waals surface area contributed by atoms with Gasteiger partial charge in [-0.15, -0.1) is 0 Å². The minimum absolute atomic E-state index is 0.214. The average Bonchev–Trinajstić information content (AvgIpc) is 2.03. The highest BCUT2D eigenvalue weighted by Crippen LogP contribution is 2.11. The van der Waals surface area contributed by atoms with Crippen LogP contribution >= 0.6 is 12.6 Å². The van der Waals surface area contributed by atoms with Crippen LogP contribution in [0.4, 0.5) is 0 Å². The molecule has 0 radical (unpaired) electrons. The fourth-order valence-corrected chi connectivity index (χ4v) is 1.26. The molecule has 0 rings (SSSR count). The van der Waals surface area contributed by atoms with Crippen molar-refractivity contribution >= 4 is 18.6 Å². The summed E-state index contributed by atoms with van der Waals surface area (Å²) in [4.78, 5) is 10.4. The van der Waals surface area contributed by atoms with Gasteiger partial charge in [-0.3, -0.25) is 4.79 Å². The summed E-state index contributed by atoms with van der Waals surface area (Å²) >= 11 is 4.13. The summed E-state index contributed by atoms with van der Waals surface area (Å²) in [5.74, 6) is -0.966. The van der Waals surface area contributed by atoms with E-state index in [1.54, 1.807) is 0 Å². The Morgan fingerprint density at radius 3 is 2.58 bits per heavy atom. The lowest BCUT2D eigenvalue weighted by atomic mass is 10.1. The van der Waals surface area contributed by atoms with E-state index in [9.17, 15) is 4.79 Å². The van der Waals surface area contributed by atoms with E-state index in [4.69, 9.17) is 10.8 Å². The lowest BCUT2D eigenvalue weighted by Gasteiger charge is -2.14. The molecular weight excluding hydrogens is 174 g/mol. The van der Waals surface area contributed by atoms with Crippen molar-refractivity contribution in [3.8, 4) is 0 Å². The van der Waals surface area contributed by atoms with Crippen LogP contribution in [0.1, 0.15) is 32.6 Å². The highest BCUT2D eigenvalue weighted by Gasteiger charge is 2.19. The van der Waals surface area contributed by atoms with Crippen LogP contribution in [0.2, 0.25) is 0 Å². The largest absolute Gasteiger partial charge is 0.480 e. The number of carboxylic acids is 1. The van der Waals surface area contributed by atoms with E-state index in [1.165, 1.54) is 0 Å². The second-order valence-electron chi connectivity index (χ2n) is 2.93. The third-order valence-electron chi connectivity index (χ3n) is 1.80. The second kappa shape index (κ2) is 6.31. The maximum absolute atomic E-state index is 10.4. The molecule has 3 nitrogen and oxygen atoms in total. The molecule has 12 heavy (non-hydrogen) atoms. The maximum Gasteiger partial charge on any atom is 0.321 e. The first kappa shape index (κ1) is 11.8. The first-order chi connectivity index (χ1) is 5.59. The van der Waals surface area contributed by atoms with Crippen molar-refractivity contribution in [2.24, 2.45) is 5.73 Å². The van der Waals surface area contributed by atoms with Crippen molar-refractivity contribution in [1.29, 1.82) is 0 Å². The molecule has 3 N–H and O–H groups in total. The molecule has 0 fully saturated rings. The summed E-state index contributed by atoms with van der Waals surface area (Å²) < 4.78 is 0. The van der Waals surface area contributed by atoms with E-state index in [0.29, 0.717) is 0 Å². The average molecular weight is 191 g/mol. The number of nitrogens with two attached hydrogens (primary N) is 1. The summed E-state index contributed by atoms with van der Waals surface area (Å²) in [6, 6.07) is -0.829. The molecule has 0 aliphatic carbocycles. The molecule has 72 valence electrons. The van der Waals surface area contributed by atoms with Gasteiger partial charge in [-0.2, -0.15) is 12.6 Å².